The van der Waals surface area contributed by atoms with E-state index in [4.69, 9.17) is 4.74 Å². The molecule has 0 radical (unpaired) electrons. The first-order valence-electron chi connectivity index (χ1n) is 6.13. The van der Waals surface area contributed by atoms with Gasteiger partial charge in [0.25, 0.3) is 0 Å². The number of fused-ring (bicyclic) bond motifs is 1. The van der Waals surface area contributed by atoms with E-state index >= 15 is 0 Å². The van der Waals surface area contributed by atoms with E-state index in [0.717, 1.165) is 6.08 Å². The van der Waals surface area contributed by atoms with Crippen LogP contribution in [-0.4, -0.2) is 23.0 Å². The smallest absolute Gasteiger partial charge is 0.324 e. The van der Waals surface area contributed by atoms with Crippen LogP contribution in [0.1, 0.15) is 36.7 Å². The third-order valence-electron chi connectivity index (χ3n) is 3.26. The lowest BCUT2D eigenvalue weighted by Crippen LogP contribution is -2.41. The molecule has 1 unspecified atom stereocenters. The van der Waals surface area contributed by atoms with Crippen molar-refractivity contribution in [1.82, 2.24) is 0 Å². The Morgan fingerprint density at radius 3 is 2.58 bits per heavy atom. The summed E-state index contributed by atoms with van der Waals surface area (Å²) in [6.45, 7) is 5.04. The number of allylic oxidation sites excluding steroid dienone is 1. The quantitative estimate of drug-likeness (QED) is 0.830. The maximum absolute atomic E-state index is 12.3. The number of hydrogen-bond donors (Lipinski definition) is 1. The first-order chi connectivity index (χ1) is 8.87. The van der Waals surface area contributed by atoms with E-state index in [-0.39, 0.29) is 17.6 Å². The minimum Gasteiger partial charge on any atom is -0.511 e. The molecule has 19 heavy (non-hydrogen) atoms. The second-order valence-electron chi connectivity index (χ2n) is 5.02. The molecule has 0 saturated heterocycles. The molecule has 0 saturated carbocycles. The van der Waals surface area contributed by atoms with Crippen LogP contribution in [0.5, 0.6) is 0 Å². The Bertz CT molecular complexity index is 571. The van der Waals surface area contributed by atoms with Crippen molar-refractivity contribution in [2.24, 2.45) is 0 Å². The third-order valence-corrected chi connectivity index (χ3v) is 3.26. The van der Waals surface area contributed by atoms with Gasteiger partial charge in [0.15, 0.2) is 5.78 Å². The van der Waals surface area contributed by atoms with Crippen LogP contribution in [-0.2, 0) is 14.9 Å². The summed E-state index contributed by atoms with van der Waals surface area (Å²) in [6, 6.07) is 6.76. The van der Waals surface area contributed by atoms with Gasteiger partial charge in [-0.1, -0.05) is 24.3 Å². The average molecular weight is 260 g/mol. The molecule has 1 aromatic rings. The van der Waals surface area contributed by atoms with Gasteiger partial charge in [0.2, 0.25) is 0 Å². The zero-order chi connectivity index (χ0) is 14.2. The van der Waals surface area contributed by atoms with Crippen LogP contribution in [0.3, 0.4) is 0 Å². The topological polar surface area (TPSA) is 63.6 Å². The Morgan fingerprint density at radius 2 is 1.95 bits per heavy atom. The summed E-state index contributed by atoms with van der Waals surface area (Å²) in [4.78, 5) is 24.1. The summed E-state index contributed by atoms with van der Waals surface area (Å²) in [7, 11) is 0. The first kappa shape index (κ1) is 13.3. The fourth-order valence-corrected chi connectivity index (χ4v) is 2.16. The van der Waals surface area contributed by atoms with Crippen LogP contribution in [0.15, 0.2) is 36.1 Å². The van der Waals surface area contributed by atoms with Gasteiger partial charge in [-0.3, -0.25) is 9.59 Å². The zero-order valence-electron chi connectivity index (χ0n) is 11.1. The molecule has 4 nitrogen and oxygen atoms in total. The standard InChI is InChI=1S/C15H16O4/c1-9(2)19-14(18)15(3)11-7-5-4-6-10(11)12(16)8-13(15)17/h4-9,17H,1-3H3. The summed E-state index contributed by atoms with van der Waals surface area (Å²) >= 11 is 0. The molecule has 1 atom stereocenters. The Kier molecular flexibility index (Phi) is 3.18. The number of benzene rings is 1. The molecule has 0 aliphatic heterocycles. The summed E-state index contributed by atoms with van der Waals surface area (Å²) in [6.07, 6.45) is 0.797. The van der Waals surface area contributed by atoms with E-state index in [0.29, 0.717) is 11.1 Å². The number of ether oxygens (including phenoxy) is 1. The molecule has 0 bridgehead atoms. The van der Waals surface area contributed by atoms with Crippen molar-refractivity contribution < 1.29 is 19.4 Å². The van der Waals surface area contributed by atoms with Crippen LogP contribution in [0.2, 0.25) is 0 Å². The van der Waals surface area contributed by atoms with Crippen molar-refractivity contribution >= 4 is 11.8 Å². The molecular formula is C15H16O4. The van der Waals surface area contributed by atoms with Crippen molar-refractivity contribution in [1.29, 1.82) is 0 Å². The van der Waals surface area contributed by atoms with Gasteiger partial charge >= 0.3 is 5.97 Å². The minimum absolute atomic E-state index is 0.276. The lowest BCUT2D eigenvalue weighted by atomic mass is 9.73. The Labute approximate surface area is 111 Å². The normalized spacial score (nSPS) is 21.9. The molecule has 100 valence electrons. The van der Waals surface area contributed by atoms with Gasteiger partial charge in [0.1, 0.15) is 11.2 Å². The van der Waals surface area contributed by atoms with Crippen molar-refractivity contribution in [2.75, 3.05) is 0 Å². The number of carbonyl (C=O) groups is 2. The Hall–Kier alpha value is -2.10. The second kappa shape index (κ2) is 4.53. The Morgan fingerprint density at radius 1 is 1.32 bits per heavy atom. The van der Waals surface area contributed by atoms with E-state index in [1.807, 2.05) is 0 Å². The highest BCUT2D eigenvalue weighted by Gasteiger charge is 2.46. The highest BCUT2D eigenvalue weighted by Crippen LogP contribution is 2.38. The highest BCUT2D eigenvalue weighted by atomic mass is 16.5. The molecule has 1 N–H and O–H groups in total. The van der Waals surface area contributed by atoms with E-state index in [2.05, 4.69) is 0 Å². The molecular weight excluding hydrogens is 244 g/mol. The molecule has 0 amide bonds. The van der Waals surface area contributed by atoms with Crippen molar-refractivity contribution in [3.8, 4) is 0 Å². The van der Waals surface area contributed by atoms with Crippen molar-refractivity contribution in [3.63, 3.8) is 0 Å². The molecule has 0 fully saturated rings. The number of esters is 1. The van der Waals surface area contributed by atoms with Crippen molar-refractivity contribution in [2.45, 2.75) is 32.3 Å². The predicted molar refractivity (Wildman–Crippen MR) is 70.1 cm³/mol. The lowest BCUT2D eigenvalue weighted by molar-refractivity contribution is -0.153. The van der Waals surface area contributed by atoms with Gasteiger partial charge in [-0.2, -0.15) is 0 Å². The monoisotopic (exact) mass is 260 g/mol. The van der Waals surface area contributed by atoms with E-state index in [1.165, 1.54) is 0 Å². The second-order valence-corrected chi connectivity index (χ2v) is 5.02. The van der Waals surface area contributed by atoms with Crippen LogP contribution in [0, 0.1) is 0 Å². The first-order valence-corrected chi connectivity index (χ1v) is 6.13. The van der Waals surface area contributed by atoms with Crippen LogP contribution >= 0.6 is 0 Å². The van der Waals surface area contributed by atoms with Crippen LogP contribution in [0.4, 0.5) is 0 Å². The molecule has 4 heteroatoms. The number of aliphatic hydroxyl groups excluding tert-OH is 1. The summed E-state index contributed by atoms with van der Waals surface area (Å²) < 4.78 is 5.20. The summed E-state index contributed by atoms with van der Waals surface area (Å²) in [5, 5.41) is 10.1. The van der Waals surface area contributed by atoms with E-state index in [1.54, 1.807) is 45.0 Å². The summed E-state index contributed by atoms with van der Waals surface area (Å²) in [5.74, 6) is -1.14. The largest absolute Gasteiger partial charge is 0.511 e. The maximum Gasteiger partial charge on any atom is 0.324 e. The molecule has 2 rings (SSSR count). The lowest BCUT2D eigenvalue weighted by Gasteiger charge is -2.32. The van der Waals surface area contributed by atoms with Crippen LogP contribution < -0.4 is 0 Å². The number of rotatable bonds is 2. The number of ketones is 1. The highest BCUT2D eigenvalue weighted by molar-refractivity contribution is 6.10. The molecule has 0 spiro atoms. The molecule has 1 aromatic carbocycles. The average Bonchev–Trinajstić information content (AvgIpc) is 2.35. The summed E-state index contributed by atoms with van der Waals surface area (Å²) in [5.41, 5.74) is -0.427. The van der Waals surface area contributed by atoms with Gasteiger partial charge in [0, 0.05) is 11.6 Å². The Balaban J connectivity index is 2.58. The zero-order valence-corrected chi connectivity index (χ0v) is 11.1. The molecule has 1 aliphatic carbocycles. The maximum atomic E-state index is 12.3. The van der Waals surface area contributed by atoms with E-state index < -0.39 is 11.4 Å². The van der Waals surface area contributed by atoms with Gasteiger partial charge < -0.3 is 9.84 Å². The third kappa shape index (κ3) is 2.03. The number of hydrogen-bond acceptors (Lipinski definition) is 4. The van der Waals surface area contributed by atoms with Gasteiger partial charge in [-0.25, -0.2) is 0 Å². The predicted octanol–water partition coefficient (Wildman–Crippen LogP) is 2.53. The fourth-order valence-electron chi connectivity index (χ4n) is 2.16. The van der Waals surface area contributed by atoms with Crippen molar-refractivity contribution in [3.05, 3.63) is 47.2 Å². The minimum atomic E-state index is -1.32. The fraction of sp³-hybridized carbons (Fsp3) is 0.333. The van der Waals surface area contributed by atoms with Gasteiger partial charge in [-0.15, -0.1) is 0 Å². The number of aliphatic hydroxyl groups is 1. The molecule has 0 heterocycles. The molecule has 0 aromatic heterocycles. The van der Waals surface area contributed by atoms with Gasteiger partial charge in [-0.05, 0) is 26.3 Å². The number of carbonyl (C=O) groups excluding carboxylic acids is 2. The molecule has 1 aliphatic rings. The van der Waals surface area contributed by atoms with Gasteiger partial charge in [0.05, 0.1) is 6.10 Å². The SMILES string of the molecule is CC(C)OC(=O)C1(C)C(O)=CC(=O)c2ccccc21. The van der Waals surface area contributed by atoms with E-state index in [9.17, 15) is 14.7 Å². The van der Waals surface area contributed by atoms with Crippen LogP contribution in [0.25, 0.3) is 0 Å².